The number of nitrogens with zero attached hydrogens (tertiary/aromatic N) is 1. The van der Waals surface area contributed by atoms with Gasteiger partial charge >= 0.3 is 0 Å². The molecule has 21 heavy (non-hydrogen) atoms. The molecule has 2 aromatic rings. The topological polar surface area (TPSA) is 24.5 Å². The molecule has 1 aromatic heterocycles. The van der Waals surface area contributed by atoms with Gasteiger partial charge in [0, 0.05) is 42.4 Å². The molecule has 0 aliphatic carbocycles. The highest BCUT2D eigenvalue weighted by Gasteiger charge is 2.13. The Hall–Kier alpha value is -0.940. The van der Waals surface area contributed by atoms with E-state index in [2.05, 4.69) is 55.4 Å². The largest absolute Gasteiger partial charge is 0.383 e. The summed E-state index contributed by atoms with van der Waals surface area (Å²) in [6.45, 7) is 8.30. The first kappa shape index (κ1) is 16.4. The van der Waals surface area contributed by atoms with Crippen LogP contribution in [0.3, 0.4) is 0 Å². The van der Waals surface area contributed by atoms with Gasteiger partial charge in [0.25, 0.3) is 0 Å². The highest BCUT2D eigenvalue weighted by molar-refractivity contribution is 7.19. The summed E-state index contributed by atoms with van der Waals surface area (Å²) in [6.07, 6.45) is 0. The van der Waals surface area contributed by atoms with Crippen LogP contribution in [0.4, 0.5) is 0 Å². The summed E-state index contributed by atoms with van der Waals surface area (Å²) in [7, 11) is 3.88. The van der Waals surface area contributed by atoms with E-state index in [1.807, 2.05) is 11.3 Å². The quantitative estimate of drug-likeness (QED) is 0.808. The molecule has 0 bridgehead atoms. The maximum Gasteiger partial charge on any atom is 0.0589 e. The van der Waals surface area contributed by atoms with E-state index in [1.165, 1.54) is 20.5 Å². The number of methoxy groups -OCH3 is 1. The normalized spacial score (nSPS) is 13.2. The SMILES string of the molecule is COCCN(C)CCNC(C)c1sc2ccccc2c1C. The van der Waals surface area contributed by atoms with Crippen molar-refractivity contribution in [3.8, 4) is 0 Å². The number of rotatable bonds is 8. The first-order valence-corrected chi connectivity index (χ1v) is 8.34. The van der Waals surface area contributed by atoms with Gasteiger partial charge in [-0.15, -0.1) is 11.3 Å². The van der Waals surface area contributed by atoms with Gasteiger partial charge in [0.2, 0.25) is 0 Å². The predicted molar refractivity (Wildman–Crippen MR) is 92.4 cm³/mol. The fourth-order valence-corrected chi connectivity index (χ4v) is 3.77. The summed E-state index contributed by atoms with van der Waals surface area (Å²) >= 11 is 1.91. The minimum atomic E-state index is 0.401. The number of nitrogens with one attached hydrogen (secondary N) is 1. The first-order valence-electron chi connectivity index (χ1n) is 7.52. The van der Waals surface area contributed by atoms with Crippen molar-refractivity contribution in [3.63, 3.8) is 0 Å². The Labute approximate surface area is 131 Å². The zero-order valence-electron chi connectivity index (χ0n) is 13.5. The third kappa shape index (κ3) is 4.27. The maximum absolute atomic E-state index is 5.10. The molecule has 4 heteroatoms. The van der Waals surface area contributed by atoms with Crippen LogP contribution >= 0.6 is 11.3 Å². The van der Waals surface area contributed by atoms with E-state index in [9.17, 15) is 0 Å². The average Bonchev–Trinajstić information content (AvgIpc) is 2.83. The van der Waals surface area contributed by atoms with Crippen LogP contribution in [-0.2, 0) is 4.74 Å². The van der Waals surface area contributed by atoms with Gasteiger partial charge < -0.3 is 15.0 Å². The van der Waals surface area contributed by atoms with Crippen molar-refractivity contribution in [1.29, 1.82) is 0 Å². The van der Waals surface area contributed by atoms with Crippen molar-refractivity contribution in [2.75, 3.05) is 40.4 Å². The van der Waals surface area contributed by atoms with Gasteiger partial charge in [-0.25, -0.2) is 0 Å². The lowest BCUT2D eigenvalue weighted by Crippen LogP contribution is -2.32. The first-order chi connectivity index (χ1) is 10.1. The maximum atomic E-state index is 5.10. The zero-order chi connectivity index (χ0) is 15.2. The standard InChI is InChI=1S/C17H26N2OS/c1-13-15-7-5-6-8-16(15)21-17(13)14(2)18-9-10-19(3)11-12-20-4/h5-8,14,18H,9-12H2,1-4H3. The molecule has 0 fully saturated rings. The van der Waals surface area contributed by atoms with Crippen molar-refractivity contribution in [2.24, 2.45) is 0 Å². The fourth-order valence-electron chi connectivity index (χ4n) is 2.53. The summed E-state index contributed by atoms with van der Waals surface area (Å²) in [6, 6.07) is 9.07. The van der Waals surface area contributed by atoms with E-state index in [4.69, 9.17) is 4.74 Å². The molecule has 0 saturated heterocycles. The van der Waals surface area contributed by atoms with E-state index < -0.39 is 0 Å². The molecule has 0 saturated carbocycles. The predicted octanol–water partition coefficient (Wildman–Crippen LogP) is 3.44. The summed E-state index contributed by atoms with van der Waals surface area (Å²) < 4.78 is 6.48. The van der Waals surface area contributed by atoms with Gasteiger partial charge in [-0.3, -0.25) is 0 Å². The van der Waals surface area contributed by atoms with Crippen LogP contribution in [0.25, 0.3) is 10.1 Å². The Morgan fingerprint density at radius 3 is 2.76 bits per heavy atom. The van der Waals surface area contributed by atoms with Gasteiger partial charge in [0.05, 0.1) is 6.61 Å². The monoisotopic (exact) mass is 306 g/mol. The third-order valence-electron chi connectivity index (χ3n) is 3.90. The molecular formula is C17H26N2OS. The van der Waals surface area contributed by atoms with E-state index in [0.717, 1.165) is 26.2 Å². The Balaban J connectivity index is 1.90. The molecule has 0 aliphatic heterocycles. The van der Waals surface area contributed by atoms with Gasteiger partial charge in [-0.05, 0) is 37.9 Å². The number of hydrogen-bond acceptors (Lipinski definition) is 4. The van der Waals surface area contributed by atoms with E-state index in [1.54, 1.807) is 7.11 Å². The lowest BCUT2D eigenvalue weighted by molar-refractivity contribution is 0.161. The number of hydrogen-bond donors (Lipinski definition) is 1. The summed E-state index contributed by atoms with van der Waals surface area (Å²) in [4.78, 5) is 3.75. The Kier molecular flexibility index (Phi) is 6.18. The molecule has 1 N–H and O–H groups in total. The molecule has 1 unspecified atom stereocenters. The lowest BCUT2D eigenvalue weighted by Gasteiger charge is -2.19. The molecule has 0 radical (unpaired) electrons. The molecular weight excluding hydrogens is 280 g/mol. The van der Waals surface area contributed by atoms with Gasteiger partial charge in [-0.2, -0.15) is 0 Å². The Bertz CT molecular complexity index is 567. The third-order valence-corrected chi connectivity index (χ3v) is 5.35. The van der Waals surface area contributed by atoms with Crippen LogP contribution in [0.5, 0.6) is 0 Å². The van der Waals surface area contributed by atoms with Crippen LogP contribution in [0.2, 0.25) is 0 Å². The van der Waals surface area contributed by atoms with E-state index >= 15 is 0 Å². The second-order valence-corrected chi connectivity index (χ2v) is 6.64. The van der Waals surface area contributed by atoms with E-state index in [0.29, 0.717) is 6.04 Å². The number of fused-ring (bicyclic) bond motifs is 1. The van der Waals surface area contributed by atoms with E-state index in [-0.39, 0.29) is 0 Å². The number of aryl methyl sites for hydroxylation is 1. The van der Waals surface area contributed by atoms with Gasteiger partial charge in [0.1, 0.15) is 0 Å². The van der Waals surface area contributed by atoms with Gasteiger partial charge in [0.15, 0.2) is 0 Å². The van der Waals surface area contributed by atoms with Crippen molar-refractivity contribution in [1.82, 2.24) is 10.2 Å². The van der Waals surface area contributed by atoms with Crippen LogP contribution in [0, 0.1) is 6.92 Å². The van der Waals surface area contributed by atoms with Crippen LogP contribution in [0.15, 0.2) is 24.3 Å². The fraction of sp³-hybridized carbons (Fsp3) is 0.529. The Morgan fingerprint density at radius 1 is 1.29 bits per heavy atom. The summed E-state index contributed by atoms with van der Waals surface area (Å²) in [5, 5.41) is 5.03. The molecule has 0 aliphatic rings. The number of ether oxygens (including phenoxy) is 1. The zero-order valence-corrected chi connectivity index (χ0v) is 14.3. The minimum absolute atomic E-state index is 0.401. The molecule has 116 valence electrons. The van der Waals surface area contributed by atoms with Crippen molar-refractivity contribution in [2.45, 2.75) is 19.9 Å². The van der Waals surface area contributed by atoms with Crippen LogP contribution in [-0.4, -0.2) is 45.3 Å². The van der Waals surface area contributed by atoms with Crippen LogP contribution < -0.4 is 5.32 Å². The smallest absolute Gasteiger partial charge is 0.0589 e. The Morgan fingerprint density at radius 2 is 2.05 bits per heavy atom. The second kappa shape index (κ2) is 7.90. The lowest BCUT2D eigenvalue weighted by atomic mass is 10.1. The molecule has 1 atom stereocenters. The highest BCUT2D eigenvalue weighted by atomic mass is 32.1. The number of benzene rings is 1. The van der Waals surface area contributed by atoms with Gasteiger partial charge in [-0.1, -0.05) is 18.2 Å². The van der Waals surface area contributed by atoms with Crippen molar-refractivity contribution >= 4 is 21.4 Å². The molecule has 0 spiro atoms. The second-order valence-electron chi connectivity index (χ2n) is 5.56. The number of thiophene rings is 1. The molecule has 3 nitrogen and oxygen atoms in total. The molecule has 1 heterocycles. The van der Waals surface area contributed by atoms with Crippen molar-refractivity contribution in [3.05, 3.63) is 34.7 Å². The highest BCUT2D eigenvalue weighted by Crippen LogP contribution is 2.34. The average molecular weight is 306 g/mol. The van der Waals surface area contributed by atoms with Crippen molar-refractivity contribution < 1.29 is 4.74 Å². The minimum Gasteiger partial charge on any atom is -0.383 e. The molecule has 1 aromatic carbocycles. The number of likely N-dealkylation sites (N-methyl/N-ethyl adjacent to an activating group) is 1. The summed E-state index contributed by atoms with van der Waals surface area (Å²) in [5.41, 5.74) is 1.42. The van der Waals surface area contributed by atoms with Crippen LogP contribution in [0.1, 0.15) is 23.4 Å². The molecule has 2 rings (SSSR count). The summed E-state index contributed by atoms with van der Waals surface area (Å²) in [5.74, 6) is 0. The molecule has 0 amide bonds.